The van der Waals surface area contributed by atoms with E-state index in [1.807, 2.05) is 131 Å². The van der Waals surface area contributed by atoms with Gasteiger partial charge in [-0.25, -0.2) is 13.4 Å². The number of ether oxygens (including phenoxy) is 4. The Morgan fingerprint density at radius 2 is 1.48 bits per heavy atom. The molecule has 492 valence electrons. The number of benzene rings is 5. The predicted molar refractivity (Wildman–Crippen MR) is 357 cm³/mol. The predicted octanol–water partition coefficient (Wildman–Crippen LogP) is 10.7. The zero-order valence-electron chi connectivity index (χ0n) is 53.0. The number of nitrogens with zero attached hydrogens (tertiary/aromatic N) is 8. The van der Waals surface area contributed by atoms with E-state index in [0.29, 0.717) is 74.2 Å². The number of carbonyl (C=O) groups excluding carboxylic acids is 4. The number of likely N-dealkylation sites (tertiary alicyclic amines) is 1. The molecule has 2 aliphatic rings. The summed E-state index contributed by atoms with van der Waals surface area (Å²) < 4.78 is 57.3. The number of piperidine rings is 1. The first-order chi connectivity index (χ1) is 44.9. The lowest BCUT2D eigenvalue weighted by Crippen LogP contribution is -2.45. The molecule has 10 rings (SSSR count). The van der Waals surface area contributed by atoms with Crippen molar-refractivity contribution in [1.82, 2.24) is 39.2 Å². The van der Waals surface area contributed by atoms with Gasteiger partial charge in [-0.2, -0.15) is 9.40 Å². The summed E-state index contributed by atoms with van der Waals surface area (Å²) in [4.78, 5) is 64.5. The van der Waals surface area contributed by atoms with Gasteiger partial charge in [0, 0.05) is 86.3 Å². The number of fused-ring (bicyclic) bond motifs is 1. The highest BCUT2D eigenvalue weighted by molar-refractivity contribution is 7.89. The summed E-state index contributed by atoms with van der Waals surface area (Å²) in [5.41, 5.74) is 6.17. The van der Waals surface area contributed by atoms with E-state index in [2.05, 4.69) is 30.6 Å². The maximum atomic E-state index is 13.3. The molecule has 0 radical (unpaired) electrons. The topological polar surface area (TPSA) is 233 Å². The molecule has 8 aromatic rings. The standard InChI is InChI=1S/C24H28N4O4.C23H32ClN3O4.C22H20ClN3O3S/c1-19-8-10-22(11-9-19)32-15-13-27(2)24(30)18-28-17-20(16-25-28)26-23(29)12-14-31-21-6-4-3-5-7-21;1-4-29-21(30-5-2)13-25-22(28)18-7-6-12-27(14-18)15-20-16(3)31-23(26-20)17-8-10-19(24)11-9-17;23-19-9-7-17(8-10-19)15-25(30(28,29)20-5-3-12-24-14-20)16-22(27)26-13-11-18-4-1-2-6-21(18)26/h3-11,16-17H,12-15,18H2,1-2H3,(H,26,29);8-11,18,21H,4-7,12-15H2,1-3H3,(H,25,28);1-10,12,14H,11,13,15-16H2. The van der Waals surface area contributed by atoms with Gasteiger partial charge in [0.05, 0.1) is 56.2 Å². The van der Waals surface area contributed by atoms with E-state index < -0.39 is 16.3 Å². The minimum Gasteiger partial charge on any atom is -0.493 e. The van der Waals surface area contributed by atoms with Crippen LogP contribution < -0.4 is 25.0 Å². The summed E-state index contributed by atoms with van der Waals surface area (Å²) in [5.74, 6) is 2.33. The van der Waals surface area contributed by atoms with Crippen LogP contribution in [0.25, 0.3) is 11.5 Å². The lowest BCUT2D eigenvalue weighted by Gasteiger charge is -2.31. The molecule has 4 amide bonds. The third kappa shape index (κ3) is 21.8. The molecule has 0 saturated carbocycles. The molecule has 1 atom stereocenters. The number of sulfonamides is 1. The number of aromatic nitrogens is 4. The zero-order valence-corrected chi connectivity index (χ0v) is 55.3. The number of halogens is 2. The van der Waals surface area contributed by atoms with Crippen molar-refractivity contribution in [2.75, 3.05) is 83.0 Å². The second-order valence-corrected chi connectivity index (χ2v) is 24.9. The van der Waals surface area contributed by atoms with E-state index in [1.165, 1.54) is 39.2 Å². The van der Waals surface area contributed by atoms with Crippen LogP contribution in [-0.2, 0) is 64.7 Å². The zero-order chi connectivity index (χ0) is 66.1. The summed E-state index contributed by atoms with van der Waals surface area (Å²) in [7, 11) is -2.20. The maximum Gasteiger partial charge on any atom is 0.245 e. The van der Waals surface area contributed by atoms with Crippen LogP contribution in [0.3, 0.4) is 0 Å². The largest absolute Gasteiger partial charge is 0.493 e. The SMILES string of the molecule is CCOC(CNC(=O)C1CCCN(Cc2nc(-c3ccc(Cl)cc3)oc2C)C1)OCC.Cc1ccc(OCCN(C)C(=O)Cn2cc(NC(=O)CCOc3ccccc3)cn2)cc1.O=C(CN(Cc1ccc(Cl)cc1)S(=O)(=O)c1cccnc1)N1CCc2ccccc21. The minimum atomic E-state index is -3.92. The first kappa shape index (κ1) is 70.4. The summed E-state index contributed by atoms with van der Waals surface area (Å²) in [6.07, 6.45) is 8.37. The van der Waals surface area contributed by atoms with Gasteiger partial charge in [0.2, 0.25) is 39.5 Å². The van der Waals surface area contributed by atoms with Crippen LogP contribution in [0.2, 0.25) is 10.0 Å². The molecule has 2 N–H and O–H groups in total. The van der Waals surface area contributed by atoms with Crippen LogP contribution in [0, 0.1) is 19.8 Å². The third-order valence-corrected chi connectivity index (χ3v) is 17.4. The number of aryl methyl sites for hydroxylation is 2. The van der Waals surface area contributed by atoms with Crippen LogP contribution in [0.5, 0.6) is 11.5 Å². The van der Waals surface area contributed by atoms with Gasteiger partial charge in [0.25, 0.3) is 0 Å². The van der Waals surface area contributed by atoms with Crippen molar-refractivity contribution in [2.45, 2.75) is 84.2 Å². The quantitative estimate of drug-likeness (QED) is 0.0456. The summed E-state index contributed by atoms with van der Waals surface area (Å²) >= 11 is 11.9. The molecule has 1 unspecified atom stereocenters. The van der Waals surface area contributed by atoms with Crippen LogP contribution in [-0.4, -0.2) is 145 Å². The summed E-state index contributed by atoms with van der Waals surface area (Å²) in [6, 6.07) is 42.2. The van der Waals surface area contributed by atoms with Crippen LogP contribution in [0.15, 0.2) is 174 Å². The molecule has 1 saturated heterocycles. The number of hydrogen-bond acceptors (Lipinski definition) is 15. The molecular weight excluding hydrogens is 1250 g/mol. The van der Waals surface area contributed by atoms with Gasteiger partial charge in [-0.05, 0) is 143 Å². The highest BCUT2D eigenvalue weighted by atomic mass is 35.5. The fourth-order valence-corrected chi connectivity index (χ4v) is 11.7. The molecular formula is C69H80Cl2N10O11S. The molecule has 24 heteroatoms. The second-order valence-electron chi connectivity index (χ2n) is 22.1. The smallest absolute Gasteiger partial charge is 0.245 e. The Labute approximate surface area is 553 Å². The average molecular weight is 1330 g/mol. The Balaban J connectivity index is 0.000000179. The van der Waals surface area contributed by atoms with E-state index in [0.717, 1.165) is 71.1 Å². The minimum absolute atomic E-state index is 0.0489. The number of likely N-dealkylation sites (N-methyl/N-ethyl adjacent to an activating group) is 1. The van der Waals surface area contributed by atoms with Crippen LogP contribution in [0.4, 0.5) is 11.4 Å². The Bertz CT molecular complexity index is 3770. The van der Waals surface area contributed by atoms with Crippen molar-refractivity contribution in [3.63, 3.8) is 0 Å². The summed E-state index contributed by atoms with van der Waals surface area (Å²) in [5, 5.41) is 11.1. The van der Waals surface area contributed by atoms with E-state index >= 15 is 0 Å². The number of pyridine rings is 1. The maximum absolute atomic E-state index is 13.3. The molecule has 0 spiro atoms. The number of carbonyl (C=O) groups is 4. The number of oxazole rings is 1. The van der Waals surface area contributed by atoms with Gasteiger partial charge in [-0.1, -0.05) is 89.4 Å². The van der Waals surface area contributed by atoms with Crippen LogP contribution >= 0.6 is 23.2 Å². The Hall–Kier alpha value is -8.48. The molecule has 1 fully saturated rings. The van der Waals surface area contributed by atoms with E-state index in [4.69, 9.17) is 46.6 Å². The number of nitrogens with one attached hydrogen (secondary N) is 2. The van der Waals surface area contributed by atoms with Crippen molar-refractivity contribution >= 4 is 68.2 Å². The lowest BCUT2D eigenvalue weighted by atomic mass is 9.97. The van der Waals surface area contributed by atoms with E-state index in [9.17, 15) is 27.6 Å². The normalized spacial score (nSPS) is 13.7. The first-order valence-electron chi connectivity index (χ1n) is 30.9. The fraction of sp³-hybridized carbons (Fsp3) is 0.348. The van der Waals surface area contributed by atoms with Gasteiger partial charge < -0.3 is 43.8 Å². The van der Waals surface area contributed by atoms with E-state index in [1.54, 1.807) is 53.4 Å². The van der Waals surface area contributed by atoms with Gasteiger partial charge in [0.1, 0.15) is 35.3 Å². The average Bonchev–Trinajstić information content (AvgIpc) is 1.83. The van der Waals surface area contributed by atoms with Crippen molar-refractivity contribution in [2.24, 2.45) is 5.92 Å². The Morgan fingerprint density at radius 1 is 0.796 bits per heavy atom. The Morgan fingerprint density at radius 3 is 2.19 bits per heavy atom. The lowest BCUT2D eigenvalue weighted by molar-refractivity contribution is -0.143. The van der Waals surface area contributed by atoms with Crippen molar-refractivity contribution in [3.8, 4) is 23.0 Å². The fourth-order valence-electron chi connectivity index (χ4n) is 10.1. The molecule has 2 aliphatic heterocycles. The van der Waals surface area contributed by atoms with Gasteiger partial charge in [0.15, 0.2) is 6.29 Å². The molecule has 3 aromatic heterocycles. The second kappa shape index (κ2) is 35.5. The number of anilines is 2. The molecule has 0 aliphatic carbocycles. The molecule has 5 aromatic carbocycles. The highest BCUT2D eigenvalue weighted by Crippen LogP contribution is 2.30. The molecule has 21 nitrogen and oxygen atoms in total. The number of rotatable bonds is 27. The third-order valence-electron chi connectivity index (χ3n) is 15.1. The van der Waals surface area contributed by atoms with E-state index in [-0.39, 0.29) is 67.1 Å². The molecule has 93 heavy (non-hydrogen) atoms. The molecule has 5 heterocycles. The van der Waals surface area contributed by atoms with Crippen molar-refractivity contribution in [1.29, 1.82) is 0 Å². The number of para-hydroxylation sites is 2. The monoisotopic (exact) mass is 1330 g/mol. The van der Waals surface area contributed by atoms with Crippen molar-refractivity contribution < 1.29 is 51.0 Å². The number of amides is 4. The number of hydrogen-bond donors (Lipinski definition) is 2. The summed E-state index contributed by atoms with van der Waals surface area (Å²) in [6.45, 7) is 13.1. The van der Waals surface area contributed by atoms with Crippen LogP contribution in [0.1, 0.15) is 61.3 Å². The van der Waals surface area contributed by atoms with Crippen molar-refractivity contribution in [3.05, 3.63) is 203 Å². The Kier molecular flexibility index (Phi) is 26.9. The highest BCUT2D eigenvalue weighted by Gasteiger charge is 2.32. The van der Waals surface area contributed by atoms with Gasteiger partial charge in [-0.15, -0.1) is 0 Å². The molecule has 0 bridgehead atoms. The van der Waals surface area contributed by atoms with Gasteiger partial charge >= 0.3 is 0 Å². The van der Waals surface area contributed by atoms with Gasteiger partial charge in [-0.3, -0.25) is 33.7 Å². The first-order valence-corrected chi connectivity index (χ1v) is 33.1.